The summed E-state index contributed by atoms with van der Waals surface area (Å²) in [4.78, 5) is 13.7. The number of thioether (sulfide) groups is 1. The zero-order valence-corrected chi connectivity index (χ0v) is 17.6. The SMILES string of the molecule is CCOC(=O)C1=C(CSc2ccc(Cl)cc2)OC(N)=C(C#N)C1c1ccccc1F. The van der Waals surface area contributed by atoms with Gasteiger partial charge in [0, 0.05) is 15.5 Å². The van der Waals surface area contributed by atoms with Gasteiger partial charge in [-0.15, -0.1) is 11.8 Å². The lowest BCUT2D eigenvalue weighted by atomic mass is 9.83. The minimum Gasteiger partial charge on any atom is -0.463 e. The van der Waals surface area contributed by atoms with Crippen LogP contribution in [0.5, 0.6) is 0 Å². The lowest BCUT2D eigenvalue weighted by Crippen LogP contribution is -2.27. The zero-order valence-electron chi connectivity index (χ0n) is 16.0. The molecular weight excluding hydrogens is 427 g/mol. The van der Waals surface area contributed by atoms with Crippen LogP contribution >= 0.6 is 23.4 Å². The van der Waals surface area contributed by atoms with Crippen molar-refractivity contribution < 1.29 is 18.7 Å². The fourth-order valence-electron chi connectivity index (χ4n) is 3.06. The summed E-state index contributed by atoms with van der Waals surface area (Å²) in [6, 6.07) is 15.0. The molecule has 2 aromatic rings. The second-order valence-corrected chi connectivity index (χ2v) is 7.73. The lowest BCUT2D eigenvalue weighted by Gasteiger charge is -2.28. The maximum Gasteiger partial charge on any atom is 0.338 e. The molecule has 8 heteroatoms. The lowest BCUT2D eigenvalue weighted by molar-refractivity contribution is -0.139. The van der Waals surface area contributed by atoms with E-state index in [1.807, 2.05) is 18.2 Å². The summed E-state index contributed by atoms with van der Waals surface area (Å²) in [6.07, 6.45) is 0. The maximum atomic E-state index is 14.6. The van der Waals surface area contributed by atoms with Crippen LogP contribution in [0.3, 0.4) is 0 Å². The number of halogens is 2. The summed E-state index contributed by atoms with van der Waals surface area (Å²) in [5.74, 6) is -1.98. The van der Waals surface area contributed by atoms with Gasteiger partial charge in [0.1, 0.15) is 23.2 Å². The first-order chi connectivity index (χ1) is 14.5. The summed E-state index contributed by atoms with van der Waals surface area (Å²) in [6.45, 7) is 1.78. The van der Waals surface area contributed by atoms with Crippen molar-refractivity contribution in [3.63, 3.8) is 0 Å². The van der Waals surface area contributed by atoms with Gasteiger partial charge in [-0.1, -0.05) is 29.8 Å². The van der Waals surface area contributed by atoms with Gasteiger partial charge in [0.2, 0.25) is 5.88 Å². The summed E-state index contributed by atoms with van der Waals surface area (Å²) in [7, 11) is 0. The Kier molecular flexibility index (Phi) is 7.03. The molecule has 1 aliphatic rings. The fraction of sp³-hybridized carbons (Fsp3) is 0.182. The molecule has 2 N–H and O–H groups in total. The highest BCUT2D eigenvalue weighted by molar-refractivity contribution is 7.99. The van der Waals surface area contributed by atoms with E-state index in [2.05, 4.69) is 0 Å². The minimum absolute atomic E-state index is 0.0385. The van der Waals surface area contributed by atoms with Gasteiger partial charge in [0.05, 0.1) is 23.9 Å². The zero-order chi connectivity index (χ0) is 21.7. The molecule has 2 aromatic carbocycles. The van der Waals surface area contributed by atoms with Crippen LogP contribution in [0.2, 0.25) is 5.02 Å². The Hall–Kier alpha value is -2.95. The van der Waals surface area contributed by atoms with Gasteiger partial charge < -0.3 is 15.2 Å². The largest absolute Gasteiger partial charge is 0.463 e. The highest BCUT2D eigenvalue weighted by Gasteiger charge is 2.38. The molecular formula is C22H18ClFN2O3S. The standard InChI is InChI=1S/C22H18ClFN2O3S/c1-2-28-22(27)20-18(12-30-14-9-7-13(23)8-10-14)29-21(26)16(11-25)19(20)15-5-3-4-6-17(15)24/h3-10,19H,2,12,26H2,1H3. The average Bonchev–Trinajstić information content (AvgIpc) is 2.73. The van der Waals surface area contributed by atoms with E-state index in [9.17, 15) is 14.4 Å². The number of rotatable bonds is 6. The summed E-state index contributed by atoms with van der Waals surface area (Å²) in [5.41, 5.74) is 6.16. The molecule has 0 fully saturated rings. The number of nitrogens with zero attached hydrogens (tertiary/aromatic N) is 1. The molecule has 0 spiro atoms. The van der Waals surface area contributed by atoms with E-state index in [1.54, 1.807) is 25.1 Å². The summed E-state index contributed by atoms with van der Waals surface area (Å²) >= 11 is 7.30. The van der Waals surface area contributed by atoms with Gasteiger partial charge in [-0.05, 0) is 37.3 Å². The van der Waals surface area contributed by atoms with E-state index in [0.29, 0.717) is 5.02 Å². The number of hydrogen-bond acceptors (Lipinski definition) is 6. The Balaban J connectivity index is 2.08. The van der Waals surface area contributed by atoms with Crippen LogP contribution in [0, 0.1) is 17.1 Å². The van der Waals surface area contributed by atoms with Gasteiger partial charge in [-0.3, -0.25) is 0 Å². The van der Waals surface area contributed by atoms with Crippen LogP contribution in [0.1, 0.15) is 18.4 Å². The van der Waals surface area contributed by atoms with Gasteiger partial charge in [-0.2, -0.15) is 5.26 Å². The second kappa shape index (κ2) is 9.70. The van der Waals surface area contributed by atoms with Crippen LogP contribution in [0.25, 0.3) is 0 Å². The first-order valence-corrected chi connectivity index (χ1v) is 10.4. The number of ether oxygens (including phenoxy) is 2. The molecule has 1 aliphatic heterocycles. The molecule has 1 atom stereocenters. The molecule has 30 heavy (non-hydrogen) atoms. The molecule has 1 unspecified atom stereocenters. The topological polar surface area (TPSA) is 85.3 Å². The normalized spacial score (nSPS) is 16.1. The van der Waals surface area contributed by atoms with Crippen LogP contribution in [0.15, 0.2) is 76.2 Å². The Bertz CT molecular complexity index is 1060. The number of esters is 1. The van der Waals surface area contributed by atoms with Gasteiger partial charge >= 0.3 is 5.97 Å². The monoisotopic (exact) mass is 444 g/mol. The Morgan fingerprint density at radius 1 is 1.30 bits per heavy atom. The maximum absolute atomic E-state index is 14.6. The van der Waals surface area contributed by atoms with Crippen molar-refractivity contribution in [2.24, 2.45) is 5.73 Å². The van der Waals surface area contributed by atoms with E-state index < -0.39 is 17.7 Å². The Morgan fingerprint density at radius 3 is 2.63 bits per heavy atom. The van der Waals surface area contributed by atoms with Crippen molar-refractivity contribution in [2.45, 2.75) is 17.7 Å². The van der Waals surface area contributed by atoms with E-state index in [0.717, 1.165) is 4.90 Å². The summed E-state index contributed by atoms with van der Waals surface area (Å²) < 4.78 is 25.5. The third-order valence-electron chi connectivity index (χ3n) is 4.39. The van der Waals surface area contributed by atoms with E-state index in [-0.39, 0.29) is 40.7 Å². The third-order valence-corrected chi connectivity index (χ3v) is 5.66. The predicted molar refractivity (Wildman–Crippen MR) is 113 cm³/mol. The minimum atomic E-state index is -1.02. The molecule has 0 radical (unpaired) electrons. The fourth-order valence-corrected chi connectivity index (χ4v) is 4.02. The third kappa shape index (κ3) is 4.61. The Labute approximate surface area is 182 Å². The highest BCUT2D eigenvalue weighted by atomic mass is 35.5. The molecule has 0 aliphatic carbocycles. The number of benzene rings is 2. The second-order valence-electron chi connectivity index (χ2n) is 6.25. The summed E-state index contributed by atoms with van der Waals surface area (Å²) in [5, 5.41) is 10.3. The van der Waals surface area contributed by atoms with E-state index in [1.165, 1.54) is 30.0 Å². The van der Waals surface area contributed by atoms with Crippen molar-refractivity contribution in [3.05, 3.63) is 87.7 Å². The number of allylic oxidation sites excluding steroid dienone is 1. The highest BCUT2D eigenvalue weighted by Crippen LogP contribution is 2.41. The molecule has 0 bridgehead atoms. The first-order valence-electron chi connectivity index (χ1n) is 9.06. The van der Waals surface area contributed by atoms with Crippen LogP contribution < -0.4 is 5.73 Å². The van der Waals surface area contributed by atoms with E-state index >= 15 is 0 Å². The molecule has 1 heterocycles. The van der Waals surface area contributed by atoms with Gasteiger partial charge in [0.25, 0.3) is 0 Å². The first kappa shape index (κ1) is 21.8. The quantitative estimate of drug-likeness (QED) is 0.504. The molecule has 5 nitrogen and oxygen atoms in total. The molecule has 0 amide bonds. The molecule has 3 rings (SSSR count). The van der Waals surface area contributed by atoms with Crippen LogP contribution in [0.4, 0.5) is 4.39 Å². The average molecular weight is 445 g/mol. The van der Waals surface area contributed by atoms with Crippen molar-refractivity contribution in [1.82, 2.24) is 0 Å². The van der Waals surface area contributed by atoms with Crippen molar-refractivity contribution in [2.75, 3.05) is 12.4 Å². The molecule has 154 valence electrons. The number of nitriles is 1. The number of carbonyl (C=O) groups is 1. The van der Waals surface area contributed by atoms with Crippen molar-refractivity contribution in [1.29, 1.82) is 5.26 Å². The van der Waals surface area contributed by atoms with Crippen molar-refractivity contribution in [3.8, 4) is 6.07 Å². The van der Waals surface area contributed by atoms with Gasteiger partial charge in [0.15, 0.2) is 0 Å². The van der Waals surface area contributed by atoms with Crippen LogP contribution in [-0.4, -0.2) is 18.3 Å². The number of carbonyl (C=O) groups excluding carboxylic acids is 1. The predicted octanol–water partition coefficient (Wildman–Crippen LogP) is 4.90. The van der Waals surface area contributed by atoms with E-state index in [4.69, 9.17) is 26.8 Å². The molecule has 0 saturated carbocycles. The van der Waals surface area contributed by atoms with Gasteiger partial charge in [-0.25, -0.2) is 9.18 Å². The Morgan fingerprint density at radius 2 is 2.00 bits per heavy atom. The number of nitrogens with two attached hydrogens (primary N) is 1. The molecule has 0 saturated heterocycles. The smallest absolute Gasteiger partial charge is 0.338 e. The van der Waals surface area contributed by atoms with Crippen molar-refractivity contribution >= 4 is 29.3 Å². The number of hydrogen-bond donors (Lipinski definition) is 1. The van der Waals surface area contributed by atoms with Crippen LogP contribution in [-0.2, 0) is 14.3 Å². The molecule has 0 aromatic heterocycles.